The maximum Gasteiger partial charge on any atom is 0.256 e. The summed E-state index contributed by atoms with van der Waals surface area (Å²) >= 11 is 0. The third kappa shape index (κ3) is 7.81. The number of anilines is 1. The molecule has 13 heteroatoms. The van der Waals surface area contributed by atoms with Gasteiger partial charge >= 0.3 is 0 Å². The highest BCUT2D eigenvalue weighted by Crippen LogP contribution is 2.45. The molecule has 0 radical (unpaired) electrons. The molecule has 0 saturated carbocycles. The number of nitrogens with one attached hydrogen (secondary N) is 1. The minimum Gasteiger partial charge on any atom is -0.497 e. The van der Waals surface area contributed by atoms with Gasteiger partial charge in [0.1, 0.15) is 41.7 Å². The van der Waals surface area contributed by atoms with Crippen LogP contribution >= 0.6 is 0 Å². The van der Waals surface area contributed by atoms with Crippen LogP contribution in [0.1, 0.15) is 54.0 Å². The maximum absolute atomic E-state index is 13.1. The Morgan fingerprint density at radius 2 is 1.37 bits per heavy atom. The molecule has 12 nitrogen and oxygen atoms in total. The topological polar surface area (TPSA) is 139 Å². The van der Waals surface area contributed by atoms with Crippen molar-refractivity contribution in [3.8, 4) is 11.5 Å². The van der Waals surface area contributed by atoms with Crippen LogP contribution in [0.4, 0.5) is 5.82 Å². The first-order chi connectivity index (χ1) is 27.4. The Hall–Kier alpha value is -5.44. The van der Waals surface area contributed by atoms with Crippen molar-refractivity contribution in [1.82, 2.24) is 19.5 Å². The molecule has 7 rings (SSSR count). The largest absolute Gasteiger partial charge is 0.497 e. The number of benzene rings is 4. The minimum absolute atomic E-state index is 0.0258. The molecule has 1 aliphatic heterocycles. The van der Waals surface area contributed by atoms with Crippen LogP contribution in [0.3, 0.4) is 0 Å². The van der Waals surface area contributed by atoms with Crippen molar-refractivity contribution in [2.45, 2.75) is 69.0 Å². The molecular weight excluding hydrogens is 745 g/mol. The molecule has 2 N–H and O–H groups in total. The van der Waals surface area contributed by atoms with Gasteiger partial charge in [-0.05, 0) is 71.2 Å². The van der Waals surface area contributed by atoms with E-state index in [9.17, 15) is 9.90 Å². The molecule has 1 fully saturated rings. The smallest absolute Gasteiger partial charge is 0.256 e. The molecule has 6 aromatic rings. The molecule has 1 amide bonds. The van der Waals surface area contributed by atoms with Gasteiger partial charge in [-0.15, -0.1) is 0 Å². The average Bonchev–Trinajstić information content (AvgIpc) is 3.79. The van der Waals surface area contributed by atoms with Crippen molar-refractivity contribution >= 4 is 31.2 Å². The summed E-state index contributed by atoms with van der Waals surface area (Å²) in [7, 11) is 0.769. The van der Waals surface area contributed by atoms with E-state index < -0.39 is 38.5 Å². The van der Waals surface area contributed by atoms with E-state index in [1.54, 1.807) is 49.4 Å². The van der Waals surface area contributed by atoms with E-state index in [0.29, 0.717) is 28.2 Å². The molecule has 3 heterocycles. The van der Waals surface area contributed by atoms with Gasteiger partial charge in [0.2, 0.25) is 0 Å². The average molecular weight is 794 g/mol. The SMILES string of the molecule is COc1ccc(C(O[13CH2][13C@H]2O[13C@@H](n3cnc4c([15NH]C(=O)c5ccccc5)ncnc43)[13C@H](O[Si](C)(C)C(C)(C)C)[13C@@H]2O)(c2ccccc2)c2ccc(OC)cc2)cc1. The lowest BCUT2D eigenvalue weighted by atomic mass is 9.80. The number of hydrogen-bond acceptors (Lipinski definition) is 10. The molecule has 0 spiro atoms. The van der Waals surface area contributed by atoms with Gasteiger partial charge in [-0.2, -0.15) is 0 Å². The summed E-state index contributed by atoms with van der Waals surface area (Å²) in [5, 5.41) is 15.0. The summed E-state index contributed by atoms with van der Waals surface area (Å²) in [6, 6.07) is 34.4. The summed E-state index contributed by atoms with van der Waals surface area (Å²) in [5.41, 5.74) is 2.69. The zero-order valence-electron chi connectivity index (χ0n) is 33.2. The van der Waals surface area contributed by atoms with Crippen LogP contribution in [-0.4, -0.2) is 78.0 Å². The lowest BCUT2D eigenvalue weighted by Gasteiger charge is -2.40. The predicted octanol–water partition coefficient (Wildman–Crippen LogP) is 7.75. The molecule has 0 aliphatic carbocycles. The zero-order valence-corrected chi connectivity index (χ0v) is 34.2. The second-order valence-corrected chi connectivity index (χ2v) is 20.3. The fraction of sp³-hybridized carbons (Fsp3) is 0.318. The number of rotatable bonds is 13. The first-order valence-electron chi connectivity index (χ1n) is 18.9. The highest BCUT2D eigenvalue weighted by molar-refractivity contribution is 6.74. The molecule has 2 aromatic heterocycles. The molecular formula is C44H49N5O7Si. The van der Waals surface area contributed by atoms with Gasteiger partial charge in [0, 0.05) is 5.56 Å². The Morgan fingerprint density at radius 3 is 1.93 bits per heavy atom. The second-order valence-electron chi connectivity index (χ2n) is 15.6. The van der Waals surface area contributed by atoms with Crippen molar-refractivity contribution in [2.75, 3.05) is 26.1 Å². The van der Waals surface area contributed by atoms with E-state index in [-0.39, 0.29) is 23.4 Å². The number of aliphatic hydroxyl groups is 1. The number of aromatic nitrogens is 4. The highest BCUT2D eigenvalue weighted by atomic mass is 28.4. The van der Waals surface area contributed by atoms with Crippen LogP contribution < -0.4 is 14.8 Å². The number of ether oxygens (including phenoxy) is 4. The summed E-state index contributed by atoms with van der Waals surface area (Å²) in [4.78, 5) is 26.7. The first-order valence-corrected chi connectivity index (χ1v) is 21.8. The normalized spacial score (nSPS) is 18.7. The van der Waals surface area contributed by atoms with Gasteiger partial charge in [-0.3, -0.25) is 9.36 Å². The van der Waals surface area contributed by atoms with Gasteiger partial charge in [0.25, 0.3) is 5.91 Å². The molecule has 1 aliphatic rings. The van der Waals surface area contributed by atoms with Gasteiger partial charge < -0.3 is 33.8 Å². The Labute approximate surface area is 333 Å². The van der Waals surface area contributed by atoms with Crippen molar-refractivity contribution in [2.24, 2.45) is 0 Å². The van der Waals surface area contributed by atoms with Crippen LogP contribution in [0.5, 0.6) is 11.5 Å². The number of imidazole rings is 1. The van der Waals surface area contributed by atoms with Crippen molar-refractivity contribution in [3.63, 3.8) is 0 Å². The van der Waals surface area contributed by atoms with Crippen LogP contribution in [0, 0.1) is 0 Å². The van der Waals surface area contributed by atoms with Crippen LogP contribution in [0.15, 0.2) is 122 Å². The molecule has 57 heavy (non-hydrogen) atoms. The standard InChI is InChI=1S/C44H49N5O7Si/c1-43(2,3)57(6,7)56-38-37(50)35(55-42(38)49-28-47-36-39(45-27-46-40(36)49)48-41(51)29-14-10-8-11-15-29)26-54-44(30-16-12-9-13-17-30,31-18-22-33(52-4)23-19-31)32-20-24-34(53-5)25-21-32/h8-25,27-28,35,37-38,42,50H,26H2,1-7H3,(H,45,46,48,51)/t35-,37-,38-,42-/m1/s1/i26+1,35+1,37+1,38+1,42+1,48+1. The molecule has 0 unspecified atom stereocenters. The third-order valence-corrected chi connectivity index (χ3v) is 15.6. The van der Waals surface area contributed by atoms with E-state index in [0.717, 1.165) is 16.7 Å². The van der Waals surface area contributed by atoms with Crippen molar-refractivity contribution < 1.29 is 33.3 Å². The number of fused-ring (bicyclic) bond motifs is 1. The summed E-state index contributed by atoms with van der Waals surface area (Å²) < 4.78 is 33.8. The highest BCUT2D eigenvalue weighted by Gasteiger charge is 2.52. The van der Waals surface area contributed by atoms with Crippen molar-refractivity contribution in [3.05, 3.63) is 144 Å². The predicted molar refractivity (Wildman–Crippen MR) is 220 cm³/mol. The van der Waals surface area contributed by atoms with Crippen molar-refractivity contribution in [1.29, 1.82) is 0 Å². The Morgan fingerprint density at radius 1 is 0.807 bits per heavy atom. The molecule has 4 atom stereocenters. The van der Waals surface area contributed by atoms with Gasteiger partial charge in [-0.25, -0.2) is 15.0 Å². The Kier molecular flexibility index (Phi) is 11.3. The second kappa shape index (κ2) is 16.2. The van der Waals surface area contributed by atoms with E-state index in [2.05, 4.69) is 54.1 Å². The quantitative estimate of drug-likeness (QED) is 0.0517. The summed E-state index contributed by atoms with van der Waals surface area (Å²) in [5.74, 6) is 1.33. The van der Waals surface area contributed by atoms with Crippen LogP contribution in [0.2, 0.25) is 18.1 Å². The molecule has 296 valence electrons. The van der Waals surface area contributed by atoms with Crippen LogP contribution in [0.25, 0.3) is 11.2 Å². The maximum atomic E-state index is 13.1. The van der Waals surface area contributed by atoms with Gasteiger partial charge in [0.05, 0.1) is 27.2 Å². The lowest BCUT2D eigenvalue weighted by molar-refractivity contribution is -0.0940. The number of carbonyl (C=O) groups is 1. The lowest BCUT2D eigenvalue weighted by Crippen LogP contribution is -2.49. The van der Waals surface area contributed by atoms with Gasteiger partial charge in [0.15, 0.2) is 31.5 Å². The molecule has 4 aromatic carbocycles. The van der Waals surface area contributed by atoms with E-state index in [1.165, 1.54) is 6.33 Å². The minimum atomic E-state index is -2.50. The number of amides is 1. The number of methoxy groups -OCH3 is 2. The third-order valence-electron chi connectivity index (χ3n) is 11.1. The number of hydrogen-bond donors (Lipinski definition) is 2. The van der Waals surface area contributed by atoms with E-state index in [1.807, 2.05) is 84.9 Å². The zero-order chi connectivity index (χ0) is 40.4. The number of nitrogens with zero attached hydrogens (tertiary/aromatic N) is 4. The summed E-state index contributed by atoms with van der Waals surface area (Å²) in [6.07, 6.45) is -0.671. The fourth-order valence-electron chi connectivity index (χ4n) is 6.90. The van der Waals surface area contributed by atoms with Crippen LogP contribution in [-0.2, 0) is 19.5 Å². The van der Waals surface area contributed by atoms with E-state index in [4.69, 9.17) is 23.4 Å². The van der Waals surface area contributed by atoms with Gasteiger partial charge in [-0.1, -0.05) is 93.6 Å². The number of aliphatic hydroxyl groups excluding tert-OH is 1. The number of carbonyl (C=O) groups excluding carboxylic acids is 1. The monoisotopic (exact) mass is 793 g/mol. The Bertz CT molecular complexity index is 2230. The van der Waals surface area contributed by atoms with E-state index >= 15 is 0 Å². The Balaban J connectivity index is 1.28. The first kappa shape index (κ1) is 39.8. The molecule has 1 saturated heterocycles. The summed E-state index contributed by atoms with van der Waals surface area (Å²) in [6.45, 7) is 10.7. The molecule has 0 bridgehead atoms. The fourth-order valence-corrected chi connectivity index (χ4v) is 8.19.